The number of amides is 1. The number of anilines is 1. The maximum Gasteiger partial charge on any atom is 0.408 e. The van der Waals surface area contributed by atoms with Gasteiger partial charge in [-0.05, 0) is 49.7 Å². The van der Waals surface area contributed by atoms with Gasteiger partial charge in [-0.1, -0.05) is 73.1 Å². The molecule has 0 saturated carbocycles. The molecule has 0 radical (unpaired) electrons. The van der Waals surface area contributed by atoms with Crippen LogP contribution in [0.4, 0.5) is 10.5 Å². The third-order valence-corrected chi connectivity index (χ3v) is 4.55. The molecule has 0 fully saturated rings. The van der Waals surface area contributed by atoms with Gasteiger partial charge in [0.2, 0.25) is 3.79 Å². The number of nitrogens with one attached hydrogen (secondary N) is 3. The highest BCUT2D eigenvalue weighted by Gasteiger charge is 2.35. The average Bonchev–Trinajstić information content (AvgIpc) is 2.59. The first-order chi connectivity index (χ1) is 12.8. The number of hydrogen-bond donors (Lipinski definition) is 3. The lowest BCUT2D eigenvalue weighted by Crippen LogP contribution is -2.56. The summed E-state index contributed by atoms with van der Waals surface area (Å²) < 4.78 is 2.98. The second-order valence-corrected chi connectivity index (χ2v) is 8.72. The molecule has 0 heterocycles. The minimum atomic E-state index is -1.82. The van der Waals surface area contributed by atoms with Crippen LogP contribution in [0, 0.1) is 0 Å². The minimum absolute atomic E-state index is 0.200. The van der Waals surface area contributed by atoms with Crippen molar-refractivity contribution in [1.82, 2.24) is 10.6 Å². The summed E-state index contributed by atoms with van der Waals surface area (Å²) in [6, 6.07) is 7.98. The summed E-state index contributed by atoms with van der Waals surface area (Å²) in [5.74, 6) is 0. The maximum absolute atomic E-state index is 11.6. The standard InChI is InChI=1S/C18H26Cl3N3O2S/c1-3-5-6-7-8-13-9-11-14(12-10-13)22-16(27)23-15(18(19,20)21)24-17(25)26-4-2/h9-12,15H,3-8H2,1-2H3,(H,24,25)(H2,22,23,27)/t15-/m1/s1. The van der Waals surface area contributed by atoms with Crippen LogP contribution in [0.25, 0.3) is 0 Å². The maximum atomic E-state index is 11.6. The molecular formula is C18H26Cl3N3O2S. The van der Waals surface area contributed by atoms with E-state index in [1.807, 2.05) is 12.1 Å². The number of carbonyl (C=O) groups is 1. The van der Waals surface area contributed by atoms with E-state index in [1.54, 1.807) is 6.92 Å². The van der Waals surface area contributed by atoms with Crippen LogP contribution in [-0.2, 0) is 11.2 Å². The van der Waals surface area contributed by atoms with Crippen molar-refractivity contribution in [2.24, 2.45) is 0 Å². The fraction of sp³-hybridized carbons (Fsp3) is 0.556. The number of alkyl halides is 3. The van der Waals surface area contributed by atoms with Gasteiger partial charge in [0.1, 0.15) is 0 Å². The van der Waals surface area contributed by atoms with Gasteiger partial charge in [0.25, 0.3) is 0 Å². The molecule has 152 valence electrons. The smallest absolute Gasteiger partial charge is 0.408 e. The Bertz CT molecular complexity index is 595. The number of alkyl carbamates (subject to hydrolysis) is 1. The van der Waals surface area contributed by atoms with Crippen LogP contribution in [0.15, 0.2) is 24.3 Å². The fourth-order valence-corrected chi connectivity index (χ4v) is 2.86. The van der Waals surface area contributed by atoms with Crippen LogP contribution in [-0.4, -0.2) is 27.8 Å². The summed E-state index contributed by atoms with van der Waals surface area (Å²) in [4.78, 5) is 11.6. The number of aryl methyl sites for hydroxylation is 1. The van der Waals surface area contributed by atoms with Crippen LogP contribution >= 0.6 is 47.0 Å². The molecule has 0 bridgehead atoms. The largest absolute Gasteiger partial charge is 0.450 e. The fourth-order valence-electron chi connectivity index (χ4n) is 2.30. The molecule has 0 spiro atoms. The molecule has 1 aromatic carbocycles. The van der Waals surface area contributed by atoms with Crippen LogP contribution < -0.4 is 16.0 Å². The monoisotopic (exact) mass is 453 g/mol. The molecule has 0 aliphatic carbocycles. The van der Waals surface area contributed by atoms with E-state index in [1.165, 1.54) is 31.2 Å². The summed E-state index contributed by atoms with van der Waals surface area (Å²) in [5.41, 5.74) is 2.07. The molecular weight excluding hydrogens is 429 g/mol. The third-order valence-electron chi connectivity index (χ3n) is 3.67. The van der Waals surface area contributed by atoms with Crippen molar-refractivity contribution in [1.29, 1.82) is 0 Å². The minimum Gasteiger partial charge on any atom is -0.450 e. The molecule has 0 aromatic heterocycles. The first-order valence-corrected chi connectivity index (χ1v) is 10.5. The Hall–Kier alpha value is -0.950. The average molecular weight is 455 g/mol. The number of carbonyl (C=O) groups excluding carboxylic acids is 1. The molecule has 1 amide bonds. The predicted octanol–water partition coefficient (Wildman–Crippen LogP) is 5.54. The Labute approximate surface area is 181 Å². The highest BCUT2D eigenvalue weighted by molar-refractivity contribution is 7.80. The van der Waals surface area contributed by atoms with Gasteiger partial charge >= 0.3 is 6.09 Å². The second-order valence-electron chi connectivity index (χ2n) is 5.95. The van der Waals surface area contributed by atoms with E-state index in [2.05, 4.69) is 35.0 Å². The second kappa shape index (κ2) is 12.5. The van der Waals surface area contributed by atoms with Crippen molar-refractivity contribution in [3.63, 3.8) is 0 Å². The molecule has 27 heavy (non-hydrogen) atoms. The molecule has 3 N–H and O–H groups in total. The van der Waals surface area contributed by atoms with Gasteiger partial charge in [0.15, 0.2) is 11.3 Å². The Morgan fingerprint density at radius 2 is 1.78 bits per heavy atom. The molecule has 0 saturated heterocycles. The molecule has 0 unspecified atom stereocenters. The lowest BCUT2D eigenvalue weighted by atomic mass is 10.1. The number of thiocarbonyl (C=S) groups is 1. The Morgan fingerprint density at radius 3 is 2.33 bits per heavy atom. The summed E-state index contributed by atoms with van der Waals surface area (Å²) in [5, 5.41) is 8.40. The Balaban J connectivity index is 2.56. The van der Waals surface area contributed by atoms with Crippen molar-refractivity contribution in [2.75, 3.05) is 11.9 Å². The van der Waals surface area contributed by atoms with Gasteiger partial charge in [-0.3, -0.25) is 5.32 Å². The van der Waals surface area contributed by atoms with Crippen LogP contribution in [0.5, 0.6) is 0 Å². The zero-order chi connectivity index (χ0) is 20.3. The third kappa shape index (κ3) is 10.2. The van der Waals surface area contributed by atoms with Gasteiger partial charge in [-0.2, -0.15) is 0 Å². The SMILES string of the molecule is CCCCCCc1ccc(NC(=S)N[C@H](NC(=O)OCC)C(Cl)(Cl)Cl)cc1. The number of benzene rings is 1. The van der Waals surface area contributed by atoms with E-state index in [0.717, 1.165) is 12.1 Å². The summed E-state index contributed by atoms with van der Waals surface area (Å²) in [6.45, 7) is 4.08. The lowest BCUT2D eigenvalue weighted by Gasteiger charge is -2.27. The van der Waals surface area contributed by atoms with Crippen LogP contribution in [0.2, 0.25) is 0 Å². The first-order valence-electron chi connectivity index (χ1n) is 8.92. The Kier molecular flexibility index (Phi) is 11.1. The van der Waals surface area contributed by atoms with E-state index >= 15 is 0 Å². The molecule has 1 rings (SSSR count). The van der Waals surface area contributed by atoms with Gasteiger partial charge in [-0.25, -0.2) is 4.79 Å². The van der Waals surface area contributed by atoms with Crippen LogP contribution in [0.3, 0.4) is 0 Å². The van der Waals surface area contributed by atoms with Gasteiger partial charge < -0.3 is 15.4 Å². The summed E-state index contributed by atoms with van der Waals surface area (Å²) in [7, 11) is 0. The number of hydrogen-bond acceptors (Lipinski definition) is 3. The molecule has 5 nitrogen and oxygen atoms in total. The topological polar surface area (TPSA) is 62.4 Å². The number of ether oxygens (including phenoxy) is 1. The van der Waals surface area contributed by atoms with Gasteiger partial charge in [0.05, 0.1) is 6.61 Å². The summed E-state index contributed by atoms with van der Waals surface area (Å²) in [6.07, 6.45) is 4.22. The predicted molar refractivity (Wildman–Crippen MR) is 118 cm³/mol. The van der Waals surface area contributed by atoms with Crippen molar-refractivity contribution < 1.29 is 9.53 Å². The Morgan fingerprint density at radius 1 is 1.11 bits per heavy atom. The molecule has 1 atom stereocenters. The number of unbranched alkanes of at least 4 members (excludes halogenated alkanes) is 3. The van der Waals surface area contributed by atoms with Crippen molar-refractivity contribution >= 4 is 63.9 Å². The summed E-state index contributed by atoms with van der Waals surface area (Å²) >= 11 is 22.9. The van der Waals surface area contributed by atoms with E-state index in [4.69, 9.17) is 51.8 Å². The highest BCUT2D eigenvalue weighted by Crippen LogP contribution is 2.29. The lowest BCUT2D eigenvalue weighted by molar-refractivity contribution is 0.147. The van der Waals surface area contributed by atoms with Crippen molar-refractivity contribution in [3.8, 4) is 0 Å². The zero-order valence-corrected chi connectivity index (χ0v) is 18.6. The number of halogens is 3. The molecule has 0 aliphatic rings. The number of rotatable bonds is 9. The van der Waals surface area contributed by atoms with Crippen LogP contribution in [0.1, 0.15) is 45.1 Å². The molecule has 9 heteroatoms. The van der Waals surface area contributed by atoms with E-state index in [-0.39, 0.29) is 11.7 Å². The highest BCUT2D eigenvalue weighted by atomic mass is 35.6. The van der Waals surface area contributed by atoms with Gasteiger partial charge in [0, 0.05) is 5.69 Å². The molecule has 1 aromatic rings. The zero-order valence-electron chi connectivity index (χ0n) is 15.5. The van der Waals surface area contributed by atoms with Crippen molar-refractivity contribution in [3.05, 3.63) is 29.8 Å². The van der Waals surface area contributed by atoms with E-state index in [0.29, 0.717) is 0 Å². The first kappa shape index (κ1) is 24.1. The quantitative estimate of drug-likeness (QED) is 0.198. The van der Waals surface area contributed by atoms with Gasteiger partial charge in [-0.15, -0.1) is 0 Å². The van der Waals surface area contributed by atoms with E-state index < -0.39 is 16.1 Å². The molecule has 0 aliphatic heterocycles. The normalized spacial score (nSPS) is 12.2. The van der Waals surface area contributed by atoms with E-state index in [9.17, 15) is 4.79 Å². The van der Waals surface area contributed by atoms with Crippen molar-refractivity contribution in [2.45, 2.75) is 55.9 Å².